The minimum atomic E-state index is -1.12. The van der Waals surface area contributed by atoms with Crippen LogP contribution in [-0.4, -0.2) is 51.6 Å². The second kappa shape index (κ2) is 10.6. The molecule has 37 heavy (non-hydrogen) atoms. The maximum absolute atomic E-state index is 12.6. The number of nitrogens with zero attached hydrogens (tertiary/aromatic N) is 3. The van der Waals surface area contributed by atoms with Crippen molar-refractivity contribution < 1.29 is 19.4 Å². The van der Waals surface area contributed by atoms with Crippen molar-refractivity contribution in [3.05, 3.63) is 64.8 Å². The third-order valence-corrected chi connectivity index (χ3v) is 7.23. The third kappa shape index (κ3) is 6.08. The quantitative estimate of drug-likeness (QED) is 0.309. The number of benzene rings is 1. The highest BCUT2D eigenvalue weighted by atomic mass is 79.9. The molecule has 1 aliphatic rings. The van der Waals surface area contributed by atoms with Crippen molar-refractivity contribution in [3.8, 4) is 11.3 Å². The predicted octanol–water partition coefficient (Wildman–Crippen LogP) is 6.57. The van der Waals surface area contributed by atoms with E-state index in [1.165, 1.54) is 0 Å². The Bertz CT molecular complexity index is 1300. The molecule has 0 bridgehead atoms. The Morgan fingerprint density at radius 2 is 2.00 bits per heavy atom. The standard InChI is InChI=1S/C29H36BrN3O4/c1-7-15-36-29(6)11-13-32(14-12-29)25-23-17-22(20-9-8-10-21(30)16-20)31-33(23)18-19(2)24(25)26(27(34)35)37-28(3,4)5/h7-10,16-18,26H,1,11-15H2,2-6H3,(H,34,35). The number of halogens is 1. The fourth-order valence-electron chi connectivity index (χ4n) is 4.89. The molecular weight excluding hydrogens is 534 g/mol. The van der Waals surface area contributed by atoms with E-state index in [2.05, 4.69) is 34.3 Å². The second-order valence-corrected chi connectivity index (χ2v) is 11.8. The van der Waals surface area contributed by atoms with Crippen LogP contribution in [0.2, 0.25) is 0 Å². The fourth-order valence-corrected chi connectivity index (χ4v) is 5.29. The van der Waals surface area contributed by atoms with E-state index in [9.17, 15) is 9.90 Å². The van der Waals surface area contributed by atoms with E-state index in [1.54, 1.807) is 6.08 Å². The number of fused-ring (bicyclic) bond motifs is 1. The lowest BCUT2D eigenvalue weighted by Gasteiger charge is -2.41. The molecule has 3 heterocycles. The van der Waals surface area contributed by atoms with Crippen molar-refractivity contribution in [2.75, 3.05) is 24.6 Å². The van der Waals surface area contributed by atoms with Crippen molar-refractivity contribution in [1.82, 2.24) is 9.61 Å². The average Bonchev–Trinajstić information content (AvgIpc) is 3.24. The van der Waals surface area contributed by atoms with E-state index in [4.69, 9.17) is 14.6 Å². The number of piperidine rings is 1. The van der Waals surface area contributed by atoms with Crippen LogP contribution in [0.3, 0.4) is 0 Å². The molecule has 0 saturated carbocycles. The Balaban J connectivity index is 1.87. The van der Waals surface area contributed by atoms with Gasteiger partial charge < -0.3 is 19.5 Å². The van der Waals surface area contributed by atoms with Crippen LogP contribution in [0.5, 0.6) is 0 Å². The van der Waals surface area contributed by atoms with Crippen LogP contribution < -0.4 is 4.90 Å². The lowest BCUT2D eigenvalue weighted by atomic mass is 9.91. The summed E-state index contributed by atoms with van der Waals surface area (Å²) in [6.45, 7) is 15.4. The number of rotatable bonds is 8. The average molecular weight is 571 g/mol. The predicted molar refractivity (Wildman–Crippen MR) is 150 cm³/mol. The summed E-state index contributed by atoms with van der Waals surface area (Å²) >= 11 is 3.55. The molecule has 7 nitrogen and oxygen atoms in total. The van der Waals surface area contributed by atoms with Gasteiger partial charge in [-0.05, 0) is 71.2 Å². The number of anilines is 1. The van der Waals surface area contributed by atoms with Gasteiger partial charge in [-0.15, -0.1) is 6.58 Å². The van der Waals surface area contributed by atoms with Gasteiger partial charge >= 0.3 is 5.97 Å². The van der Waals surface area contributed by atoms with Crippen LogP contribution in [-0.2, 0) is 14.3 Å². The molecule has 1 saturated heterocycles. The number of aryl methyl sites for hydroxylation is 1. The monoisotopic (exact) mass is 569 g/mol. The lowest BCUT2D eigenvalue weighted by Crippen LogP contribution is -2.45. The molecule has 4 rings (SSSR count). The van der Waals surface area contributed by atoms with Gasteiger partial charge in [-0.1, -0.05) is 34.1 Å². The molecule has 1 unspecified atom stereocenters. The van der Waals surface area contributed by atoms with Gasteiger partial charge in [0.15, 0.2) is 6.10 Å². The van der Waals surface area contributed by atoms with E-state index in [0.29, 0.717) is 12.2 Å². The molecule has 3 aromatic rings. The number of hydrogen-bond donors (Lipinski definition) is 1. The van der Waals surface area contributed by atoms with Crippen LogP contribution in [0.1, 0.15) is 57.8 Å². The van der Waals surface area contributed by atoms with Gasteiger partial charge in [-0.25, -0.2) is 9.31 Å². The topological polar surface area (TPSA) is 76.3 Å². The highest BCUT2D eigenvalue weighted by Crippen LogP contribution is 2.41. The van der Waals surface area contributed by atoms with Gasteiger partial charge in [-0.2, -0.15) is 5.10 Å². The molecule has 1 atom stereocenters. The summed E-state index contributed by atoms with van der Waals surface area (Å²) in [7, 11) is 0. The molecule has 0 aliphatic carbocycles. The Labute approximate surface area is 227 Å². The minimum absolute atomic E-state index is 0.249. The van der Waals surface area contributed by atoms with E-state index in [-0.39, 0.29) is 5.60 Å². The van der Waals surface area contributed by atoms with Crippen molar-refractivity contribution >= 4 is 33.1 Å². The number of pyridine rings is 1. The fraction of sp³-hybridized carbons (Fsp3) is 0.448. The summed E-state index contributed by atoms with van der Waals surface area (Å²) in [6.07, 6.45) is 4.18. The maximum Gasteiger partial charge on any atom is 0.337 e. The van der Waals surface area contributed by atoms with Crippen molar-refractivity contribution in [3.63, 3.8) is 0 Å². The van der Waals surface area contributed by atoms with Crippen LogP contribution in [0.25, 0.3) is 16.8 Å². The number of carbonyl (C=O) groups is 1. The van der Waals surface area contributed by atoms with Crippen LogP contribution in [0, 0.1) is 6.92 Å². The summed E-state index contributed by atoms with van der Waals surface area (Å²) in [4.78, 5) is 14.9. The molecule has 1 aromatic carbocycles. The molecule has 1 fully saturated rings. The molecule has 0 radical (unpaired) electrons. The molecule has 198 valence electrons. The normalized spacial score (nSPS) is 16.6. The summed E-state index contributed by atoms with van der Waals surface area (Å²) in [5.74, 6) is -1.01. The third-order valence-electron chi connectivity index (χ3n) is 6.74. The molecule has 2 aromatic heterocycles. The summed E-state index contributed by atoms with van der Waals surface area (Å²) in [6, 6.07) is 10.0. The minimum Gasteiger partial charge on any atom is -0.479 e. The second-order valence-electron chi connectivity index (χ2n) is 10.9. The van der Waals surface area contributed by atoms with Crippen LogP contribution in [0.4, 0.5) is 5.69 Å². The van der Waals surface area contributed by atoms with Gasteiger partial charge in [-0.3, -0.25) is 0 Å². The maximum atomic E-state index is 12.6. The van der Waals surface area contributed by atoms with Crippen molar-refractivity contribution in [2.24, 2.45) is 0 Å². The summed E-state index contributed by atoms with van der Waals surface area (Å²) in [5, 5.41) is 15.2. The zero-order valence-corrected chi connectivity index (χ0v) is 23.8. The Kier molecular flexibility index (Phi) is 7.83. The first kappa shape index (κ1) is 27.4. The molecule has 1 N–H and O–H groups in total. The lowest BCUT2D eigenvalue weighted by molar-refractivity contribution is -0.160. The van der Waals surface area contributed by atoms with E-state index < -0.39 is 17.7 Å². The van der Waals surface area contributed by atoms with Gasteiger partial charge in [0.2, 0.25) is 0 Å². The SMILES string of the molecule is C=CCOC1(C)CCN(c2c(C(OC(C)(C)C)C(=O)O)c(C)cn3nc(-c4cccc(Br)c4)cc23)CC1. The number of hydrogen-bond acceptors (Lipinski definition) is 5. The van der Waals surface area contributed by atoms with E-state index in [1.807, 2.05) is 68.7 Å². The molecule has 8 heteroatoms. The first-order valence-electron chi connectivity index (χ1n) is 12.6. The van der Waals surface area contributed by atoms with Crippen molar-refractivity contribution in [1.29, 1.82) is 0 Å². The molecular formula is C29H36BrN3O4. The van der Waals surface area contributed by atoms with E-state index in [0.717, 1.165) is 58.4 Å². The van der Waals surface area contributed by atoms with Crippen LogP contribution >= 0.6 is 15.9 Å². The Hall–Kier alpha value is -2.68. The highest BCUT2D eigenvalue weighted by molar-refractivity contribution is 9.10. The molecule has 0 amide bonds. The number of carboxylic acids is 1. The van der Waals surface area contributed by atoms with E-state index >= 15 is 0 Å². The zero-order chi connectivity index (χ0) is 27.0. The van der Waals surface area contributed by atoms with Gasteiger partial charge in [0.25, 0.3) is 0 Å². The first-order chi connectivity index (χ1) is 17.4. The Morgan fingerprint density at radius 3 is 2.59 bits per heavy atom. The van der Waals surface area contributed by atoms with Crippen LogP contribution in [0.15, 0.2) is 53.7 Å². The number of ether oxygens (including phenoxy) is 2. The van der Waals surface area contributed by atoms with Gasteiger partial charge in [0.05, 0.1) is 34.7 Å². The number of aromatic nitrogens is 2. The van der Waals surface area contributed by atoms with Gasteiger partial charge in [0.1, 0.15) is 0 Å². The smallest absolute Gasteiger partial charge is 0.337 e. The number of aliphatic carboxylic acids is 1. The van der Waals surface area contributed by atoms with Gasteiger partial charge in [0, 0.05) is 34.9 Å². The molecule has 1 aliphatic heterocycles. The molecule has 0 spiro atoms. The van der Waals surface area contributed by atoms with Crippen molar-refractivity contribution in [2.45, 2.75) is 64.8 Å². The Morgan fingerprint density at radius 1 is 1.30 bits per heavy atom. The number of carboxylic acid groups (broad SMARTS) is 1. The summed E-state index contributed by atoms with van der Waals surface area (Å²) < 4.78 is 15.1. The highest BCUT2D eigenvalue weighted by Gasteiger charge is 2.37. The summed E-state index contributed by atoms with van der Waals surface area (Å²) in [5.41, 5.74) is 4.11. The first-order valence-corrected chi connectivity index (χ1v) is 13.4. The zero-order valence-electron chi connectivity index (χ0n) is 22.3. The largest absolute Gasteiger partial charge is 0.479 e.